The molecule has 0 saturated carbocycles. The zero-order valence-electron chi connectivity index (χ0n) is 16.2. The van der Waals surface area contributed by atoms with E-state index in [0.29, 0.717) is 5.75 Å². The molecule has 12 heteroatoms. The summed E-state index contributed by atoms with van der Waals surface area (Å²) in [5.41, 5.74) is 5.46. The first-order valence-electron chi connectivity index (χ1n) is 8.69. The Morgan fingerprint density at radius 2 is 1.61 bits per heavy atom. The van der Waals surface area contributed by atoms with Crippen molar-refractivity contribution in [1.82, 2.24) is 16.0 Å². The first kappa shape index (κ1) is 26.5. The predicted octanol–water partition coefficient (Wildman–Crippen LogP) is -1.82. The quantitative estimate of drug-likeness (QED) is 0.165. The number of carbonyl (C=O) groups is 4. The highest BCUT2D eigenvalue weighted by atomic mass is 32.2. The average molecular weight is 439 g/mol. The number of carboxylic acids is 1. The van der Waals surface area contributed by atoms with Crippen molar-refractivity contribution in [3.63, 3.8) is 0 Å². The summed E-state index contributed by atoms with van der Waals surface area (Å²) in [5.74, 6) is -3.05. The number of aliphatic carboxylic acids is 1. The Morgan fingerprint density at radius 3 is 2.04 bits per heavy atom. The van der Waals surface area contributed by atoms with Gasteiger partial charge in [-0.3, -0.25) is 14.4 Å². The molecular formula is C16H30N4O6S2. The largest absolute Gasteiger partial charge is 0.480 e. The van der Waals surface area contributed by atoms with Gasteiger partial charge in [0.05, 0.1) is 6.61 Å². The van der Waals surface area contributed by atoms with Gasteiger partial charge in [0, 0.05) is 5.75 Å². The fourth-order valence-electron chi connectivity index (χ4n) is 2.10. The number of carbonyl (C=O) groups excluding carboxylic acids is 3. The van der Waals surface area contributed by atoms with Gasteiger partial charge in [0.25, 0.3) is 0 Å². The maximum Gasteiger partial charge on any atom is 0.327 e. The fraction of sp³-hybridized carbons (Fsp3) is 0.750. The van der Waals surface area contributed by atoms with Crippen molar-refractivity contribution < 1.29 is 29.4 Å². The van der Waals surface area contributed by atoms with Gasteiger partial charge in [-0.2, -0.15) is 24.4 Å². The monoisotopic (exact) mass is 438 g/mol. The normalized spacial score (nSPS) is 15.2. The molecule has 162 valence electrons. The van der Waals surface area contributed by atoms with E-state index in [0.717, 1.165) is 0 Å². The average Bonchev–Trinajstić information content (AvgIpc) is 2.65. The topological polar surface area (TPSA) is 171 Å². The molecule has 0 aromatic carbocycles. The van der Waals surface area contributed by atoms with Gasteiger partial charge in [0.2, 0.25) is 17.7 Å². The van der Waals surface area contributed by atoms with Gasteiger partial charge in [-0.25, -0.2) is 4.79 Å². The molecule has 0 saturated heterocycles. The standard InChI is InChI=1S/C16H30N4O6S2/c1-8(2)12(20-13(22)9(17)6-21)15(24)18-10(4-5-28-3)14(23)19-11(7-27)16(25)26/h8-12,21,27H,4-7,17H2,1-3H3,(H,18,24)(H,19,23)(H,20,22)(H,25,26). The highest BCUT2D eigenvalue weighted by molar-refractivity contribution is 7.98. The van der Waals surface area contributed by atoms with Gasteiger partial charge in [-0.1, -0.05) is 13.8 Å². The number of nitrogens with two attached hydrogens (primary N) is 1. The second-order valence-corrected chi connectivity index (χ2v) is 7.79. The molecule has 0 aliphatic rings. The minimum absolute atomic E-state index is 0.103. The van der Waals surface area contributed by atoms with Crippen LogP contribution in [0.25, 0.3) is 0 Å². The van der Waals surface area contributed by atoms with E-state index in [2.05, 4.69) is 28.6 Å². The van der Waals surface area contributed by atoms with E-state index < -0.39 is 54.5 Å². The summed E-state index contributed by atoms with van der Waals surface area (Å²) in [6, 6.07) is -4.31. The summed E-state index contributed by atoms with van der Waals surface area (Å²) in [5, 5.41) is 25.4. The van der Waals surface area contributed by atoms with Crippen LogP contribution in [-0.4, -0.2) is 82.4 Å². The summed E-state index contributed by atoms with van der Waals surface area (Å²) >= 11 is 5.36. The molecule has 0 rings (SSSR count). The third-order valence-electron chi connectivity index (χ3n) is 3.82. The third kappa shape index (κ3) is 9.13. The number of hydrogen-bond donors (Lipinski definition) is 7. The molecular weight excluding hydrogens is 408 g/mol. The number of aliphatic hydroxyl groups is 1. The van der Waals surface area contributed by atoms with Crippen LogP contribution in [0.2, 0.25) is 0 Å². The van der Waals surface area contributed by atoms with Crippen molar-refractivity contribution >= 4 is 48.1 Å². The Morgan fingerprint density at radius 1 is 1.04 bits per heavy atom. The maximum absolute atomic E-state index is 12.7. The van der Waals surface area contributed by atoms with Crippen LogP contribution >= 0.6 is 24.4 Å². The van der Waals surface area contributed by atoms with Crippen molar-refractivity contribution in [3.05, 3.63) is 0 Å². The lowest BCUT2D eigenvalue weighted by atomic mass is 10.0. The first-order valence-corrected chi connectivity index (χ1v) is 10.7. The van der Waals surface area contributed by atoms with Crippen LogP contribution in [0.5, 0.6) is 0 Å². The van der Waals surface area contributed by atoms with E-state index in [4.69, 9.17) is 15.9 Å². The van der Waals surface area contributed by atoms with Crippen molar-refractivity contribution in [2.24, 2.45) is 11.7 Å². The number of carboxylic acid groups (broad SMARTS) is 1. The Labute approximate surface area is 174 Å². The number of aliphatic hydroxyl groups excluding tert-OH is 1. The maximum atomic E-state index is 12.7. The van der Waals surface area contributed by atoms with Crippen LogP contribution in [0.1, 0.15) is 20.3 Å². The number of nitrogens with one attached hydrogen (secondary N) is 3. The SMILES string of the molecule is CSCCC(NC(=O)C(NC(=O)C(N)CO)C(C)C)C(=O)NC(CS)C(=O)O. The van der Waals surface area contributed by atoms with Crippen molar-refractivity contribution in [2.75, 3.05) is 24.4 Å². The molecule has 0 spiro atoms. The van der Waals surface area contributed by atoms with Gasteiger partial charge in [0.1, 0.15) is 24.2 Å². The molecule has 0 fully saturated rings. The highest BCUT2D eigenvalue weighted by Crippen LogP contribution is 2.06. The van der Waals surface area contributed by atoms with E-state index in [-0.39, 0.29) is 18.1 Å². The second-order valence-electron chi connectivity index (χ2n) is 6.44. The molecule has 4 atom stereocenters. The third-order valence-corrected chi connectivity index (χ3v) is 4.83. The molecule has 0 aliphatic carbocycles. The summed E-state index contributed by atoms with van der Waals surface area (Å²) < 4.78 is 0. The predicted molar refractivity (Wildman–Crippen MR) is 110 cm³/mol. The van der Waals surface area contributed by atoms with E-state index in [1.54, 1.807) is 13.8 Å². The van der Waals surface area contributed by atoms with Crippen molar-refractivity contribution in [1.29, 1.82) is 0 Å². The molecule has 0 bridgehead atoms. The van der Waals surface area contributed by atoms with Gasteiger partial charge in [0.15, 0.2) is 0 Å². The molecule has 28 heavy (non-hydrogen) atoms. The van der Waals surface area contributed by atoms with Gasteiger partial charge < -0.3 is 31.9 Å². The molecule has 0 radical (unpaired) electrons. The number of thiol groups is 1. The molecule has 10 nitrogen and oxygen atoms in total. The first-order chi connectivity index (χ1) is 13.1. The van der Waals surface area contributed by atoms with Crippen LogP contribution < -0.4 is 21.7 Å². The highest BCUT2D eigenvalue weighted by Gasteiger charge is 2.31. The molecule has 0 aliphatic heterocycles. The number of hydrogen-bond acceptors (Lipinski definition) is 8. The fourth-order valence-corrected chi connectivity index (χ4v) is 2.82. The number of amides is 3. The Bertz CT molecular complexity index is 549. The van der Waals surface area contributed by atoms with E-state index in [1.165, 1.54) is 11.8 Å². The van der Waals surface area contributed by atoms with Crippen LogP contribution in [0.15, 0.2) is 0 Å². The van der Waals surface area contributed by atoms with Crippen LogP contribution in [0.3, 0.4) is 0 Å². The number of rotatable bonds is 13. The zero-order chi connectivity index (χ0) is 21.9. The summed E-state index contributed by atoms with van der Waals surface area (Å²) in [7, 11) is 0. The van der Waals surface area contributed by atoms with Crippen LogP contribution in [0, 0.1) is 5.92 Å². The van der Waals surface area contributed by atoms with E-state index >= 15 is 0 Å². The van der Waals surface area contributed by atoms with E-state index in [9.17, 15) is 19.2 Å². The van der Waals surface area contributed by atoms with Gasteiger partial charge >= 0.3 is 5.97 Å². The summed E-state index contributed by atoms with van der Waals surface area (Å²) in [4.78, 5) is 48.1. The lowest BCUT2D eigenvalue weighted by Crippen LogP contribution is -2.59. The van der Waals surface area contributed by atoms with Crippen molar-refractivity contribution in [2.45, 2.75) is 44.4 Å². The smallest absolute Gasteiger partial charge is 0.327 e. The lowest BCUT2D eigenvalue weighted by molar-refractivity contribution is -0.141. The van der Waals surface area contributed by atoms with Gasteiger partial charge in [-0.05, 0) is 24.3 Å². The molecule has 3 amide bonds. The van der Waals surface area contributed by atoms with Gasteiger partial charge in [-0.15, -0.1) is 0 Å². The molecule has 0 heterocycles. The second kappa shape index (κ2) is 13.6. The van der Waals surface area contributed by atoms with E-state index in [1.807, 2.05) is 6.26 Å². The summed E-state index contributed by atoms with van der Waals surface area (Å²) in [6.45, 7) is 2.83. The minimum atomic E-state index is -1.23. The molecule has 7 N–H and O–H groups in total. The Hall–Kier alpha value is -1.50. The minimum Gasteiger partial charge on any atom is -0.480 e. The lowest BCUT2D eigenvalue weighted by Gasteiger charge is -2.26. The Balaban J connectivity index is 5.25. The Kier molecular flexibility index (Phi) is 12.9. The molecule has 0 aromatic rings. The number of thioether (sulfide) groups is 1. The zero-order valence-corrected chi connectivity index (χ0v) is 17.9. The summed E-state index contributed by atoms with van der Waals surface area (Å²) in [6.07, 6.45) is 2.10. The van der Waals surface area contributed by atoms with Crippen LogP contribution in [0.4, 0.5) is 0 Å². The molecule has 4 unspecified atom stereocenters. The van der Waals surface area contributed by atoms with Crippen molar-refractivity contribution in [3.8, 4) is 0 Å². The molecule has 0 aromatic heterocycles. The van der Waals surface area contributed by atoms with Crippen LogP contribution in [-0.2, 0) is 19.2 Å².